The number of aryl methyl sites for hydroxylation is 1. The predicted molar refractivity (Wildman–Crippen MR) is 84.3 cm³/mol. The highest BCUT2D eigenvalue weighted by atomic mass is 19.4. The van der Waals surface area contributed by atoms with E-state index in [1.54, 1.807) is 16.7 Å². The molecule has 1 fully saturated rings. The van der Waals surface area contributed by atoms with Crippen LogP contribution in [0.4, 0.5) is 13.2 Å². The lowest BCUT2D eigenvalue weighted by molar-refractivity contribution is -0.159. The van der Waals surface area contributed by atoms with Gasteiger partial charge in [0.1, 0.15) is 23.8 Å². The third kappa shape index (κ3) is 3.82. The second-order valence-electron chi connectivity index (χ2n) is 6.06. The summed E-state index contributed by atoms with van der Waals surface area (Å²) in [6.07, 6.45) is 1.04. The van der Waals surface area contributed by atoms with E-state index in [1.807, 2.05) is 19.1 Å². The molecule has 1 aliphatic carbocycles. The van der Waals surface area contributed by atoms with Gasteiger partial charge in [0, 0.05) is 12.2 Å². The number of imidazole rings is 1. The molecule has 2 heterocycles. The molecule has 0 aliphatic heterocycles. The second-order valence-corrected chi connectivity index (χ2v) is 6.06. The van der Waals surface area contributed by atoms with Gasteiger partial charge in [0.2, 0.25) is 0 Å². The number of pyridine rings is 1. The van der Waals surface area contributed by atoms with Crippen molar-refractivity contribution in [3.63, 3.8) is 0 Å². The first-order valence-electron chi connectivity index (χ1n) is 7.72. The molecular formula is C17H15F3N4O. The first kappa shape index (κ1) is 17.0. The predicted octanol–water partition coefficient (Wildman–Crippen LogP) is 3.10. The summed E-state index contributed by atoms with van der Waals surface area (Å²) < 4.78 is 39.9. The molecule has 1 aliphatic rings. The smallest absolute Gasteiger partial charge is 0.326 e. The van der Waals surface area contributed by atoms with Crippen molar-refractivity contribution in [2.24, 2.45) is 0 Å². The molecule has 0 bridgehead atoms. The number of halogens is 3. The molecule has 2 aromatic heterocycles. The molecule has 8 heteroatoms. The summed E-state index contributed by atoms with van der Waals surface area (Å²) in [7, 11) is 0. The van der Waals surface area contributed by atoms with Gasteiger partial charge in [0.25, 0.3) is 5.91 Å². The van der Waals surface area contributed by atoms with Crippen LogP contribution in [0.3, 0.4) is 0 Å². The van der Waals surface area contributed by atoms with Gasteiger partial charge in [-0.05, 0) is 43.5 Å². The van der Waals surface area contributed by atoms with Crippen molar-refractivity contribution in [2.75, 3.05) is 6.54 Å². The molecule has 0 unspecified atom stereocenters. The Morgan fingerprint density at radius 1 is 1.52 bits per heavy atom. The highest BCUT2D eigenvalue weighted by Gasteiger charge is 2.41. The maximum Gasteiger partial charge on any atom is 0.406 e. The molecule has 0 radical (unpaired) electrons. The Hall–Kier alpha value is -2.82. The van der Waals surface area contributed by atoms with Gasteiger partial charge < -0.3 is 9.30 Å². The van der Waals surface area contributed by atoms with Crippen molar-refractivity contribution in [1.29, 1.82) is 5.26 Å². The van der Waals surface area contributed by atoms with E-state index in [4.69, 9.17) is 0 Å². The first-order valence-corrected chi connectivity index (χ1v) is 7.72. The minimum Gasteiger partial charge on any atom is -0.326 e. The lowest BCUT2D eigenvalue weighted by Gasteiger charge is -2.23. The number of aromatic nitrogens is 2. The number of hydrogen-bond donors (Lipinski definition) is 0. The summed E-state index contributed by atoms with van der Waals surface area (Å²) in [6.45, 7) is 0.556. The molecule has 25 heavy (non-hydrogen) atoms. The third-order valence-corrected chi connectivity index (χ3v) is 3.94. The normalized spacial score (nSPS) is 15.2. The SMILES string of the molecule is Cc1ccn2c(C=C(C#N)C(=O)N(CC(F)(F)F)C3CC3)cnc2c1. The Labute approximate surface area is 142 Å². The third-order valence-electron chi connectivity index (χ3n) is 3.94. The van der Waals surface area contributed by atoms with Gasteiger partial charge >= 0.3 is 6.18 Å². The number of nitrogens with zero attached hydrogens (tertiary/aromatic N) is 4. The summed E-state index contributed by atoms with van der Waals surface area (Å²) >= 11 is 0. The van der Waals surface area contributed by atoms with Crippen LogP contribution in [0.2, 0.25) is 0 Å². The Morgan fingerprint density at radius 2 is 2.24 bits per heavy atom. The average Bonchev–Trinajstić information content (AvgIpc) is 3.31. The van der Waals surface area contributed by atoms with Gasteiger partial charge in [-0.25, -0.2) is 4.98 Å². The first-order chi connectivity index (χ1) is 11.8. The van der Waals surface area contributed by atoms with Crippen molar-refractivity contribution in [2.45, 2.75) is 32.0 Å². The zero-order valence-corrected chi connectivity index (χ0v) is 13.4. The second kappa shape index (κ2) is 6.24. The summed E-state index contributed by atoms with van der Waals surface area (Å²) in [6, 6.07) is 4.94. The number of alkyl halides is 3. The molecule has 0 atom stereocenters. The molecule has 1 saturated carbocycles. The lowest BCUT2D eigenvalue weighted by Crippen LogP contribution is -2.41. The summed E-state index contributed by atoms with van der Waals surface area (Å²) in [5.41, 5.74) is 1.75. The fourth-order valence-corrected chi connectivity index (χ4v) is 2.60. The lowest BCUT2D eigenvalue weighted by atomic mass is 10.2. The fourth-order valence-electron chi connectivity index (χ4n) is 2.60. The standard InChI is InChI=1S/C17H15F3N4O/c1-11-4-5-23-14(9-22-15(23)6-11)7-12(8-21)16(25)24(13-2-3-13)10-17(18,19)20/h4-7,9,13H,2-3,10H2,1H3. The Kier molecular flexibility index (Phi) is 4.25. The monoisotopic (exact) mass is 348 g/mol. The number of carbonyl (C=O) groups excluding carboxylic acids is 1. The number of nitriles is 1. The van der Waals surface area contributed by atoms with Crippen LogP contribution < -0.4 is 0 Å². The maximum absolute atomic E-state index is 12.7. The van der Waals surface area contributed by atoms with E-state index in [9.17, 15) is 23.2 Å². The summed E-state index contributed by atoms with van der Waals surface area (Å²) in [4.78, 5) is 17.4. The van der Waals surface area contributed by atoms with Gasteiger partial charge in [-0.1, -0.05) is 0 Å². The van der Waals surface area contributed by atoms with E-state index in [0.717, 1.165) is 10.5 Å². The van der Waals surface area contributed by atoms with Gasteiger partial charge in [-0.15, -0.1) is 0 Å². The van der Waals surface area contributed by atoms with Gasteiger partial charge in [0.15, 0.2) is 0 Å². The summed E-state index contributed by atoms with van der Waals surface area (Å²) in [5, 5.41) is 9.28. The molecule has 5 nitrogen and oxygen atoms in total. The molecular weight excluding hydrogens is 333 g/mol. The number of amides is 1. The molecule has 0 saturated heterocycles. The van der Waals surface area contributed by atoms with Crippen molar-refractivity contribution in [3.05, 3.63) is 41.4 Å². The van der Waals surface area contributed by atoms with E-state index in [1.165, 1.54) is 12.3 Å². The molecule has 1 amide bonds. The van der Waals surface area contributed by atoms with Crippen LogP contribution in [0.1, 0.15) is 24.1 Å². The van der Waals surface area contributed by atoms with Crippen molar-refractivity contribution in [1.82, 2.24) is 14.3 Å². The quantitative estimate of drug-likeness (QED) is 0.630. The highest BCUT2D eigenvalue weighted by molar-refractivity contribution is 6.01. The van der Waals surface area contributed by atoms with Crippen molar-refractivity contribution in [3.8, 4) is 6.07 Å². The van der Waals surface area contributed by atoms with Crippen LogP contribution >= 0.6 is 0 Å². The largest absolute Gasteiger partial charge is 0.406 e. The average molecular weight is 348 g/mol. The van der Waals surface area contributed by atoms with Crippen LogP contribution in [-0.2, 0) is 4.79 Å². The topological polar surface area (TPSA) is 61.4 Å². The molecule has 0 N–H and O–H groups in total. The number of hydrogen-bond acceptors (Lipinski definition) is 3. The maximum atomic E-state index is 12.7. The fraction of sp³-hybridized carbons (Fsp3) is 0.353. The Morgan fingerprint density at radius 3 is 2.84 bits per heavy atom. The van der Waals surface area contributed by atoms with E-state index in [-0.39, 0.29) is 5.57 Å². The van der Waals surface area contributed by atoms with E-state index >= 15 is 0 Å². The van der Waals surface area contributed by atoms with Gasteiger partial charge in [-0.3, -0.25) is 4.79 Å². The molecule has 2 aromatic rings. The highest BCUT2D eigenvalue weighted by Crippen LogP contribution is 2.31. The zero-order chi connectivity index (χ0) is 18.2. The summed E-state index contributed by atoms with van der Waals surface area (Å²) in [5.74, 6) is -0.899. The van der Waals surface area contributed by atoms with E-state index < -0.39 is 24.7 Å². The van der Waals surface area contributed by atoms with Crippen LogP contribution in [-0.4, -0.2) is 39.0 Å². The minimum absolute atomic E-state index is 0.335. The van der Waals surface area contributed by atoms with E-state index in [0.29, 0.717) is 24.2 Å². The van der Waals surface area contributed by atoms with Crippen molar-refractivity contribution >= 4 is 17.6 Å². The van der Waals surface area contributed by atoms with Crippen LogP contribution in [0.15, 0.2) is 30.1 Å². The van der Waals surface area contributed by atoms with Crippen molar-refractivity contribution < 1.29 is 18.0 Å². The molecule has 0 aromatic carbocycles. The van der Waals surface area contributed by atoms with Crippen LogP contribution in [0.25, 0.3) is 11.7 Å². The zero-order valence-electron chi connectivity index (χ0n) is 13.4. The molecule has 3 rings (SSSR count). The Bertz CT molecular complexity index is 887. The van der Waals surface area contributed by atoms with E-state index in [2.05, 4.69) is 4.98 Å². The van der Waals surface area contributed by atoms with Gasteiger partial charge in [0.05, 0.1) is 11.9 Å². The molecule has 130 valence electrons. The number of carbonyl (C=O) groups is 1. The number of rotatable bonds is 4. The van der Waals surface area contributed by atoms with Gasteiger partial charge in [-0.2, -0.15) is 18.4 Å². The number of fused-ring (bicyclic) bond motifs is 1. The minimum atomic E-state index is -4.50. The van der Waals surface area contributed by atoms with Crippen LogP contribution in [0.5, 0.6) is 0 Å². The molecule has 0 spiro atoms. The van der Waals surface area contributed by atoms with Crippen LogP contribution in [0, 0.1) is 18.3 Å². The Balaban J connectivity index is 1.93.